The largest absolute Gasteiger partial charge is 0.445 e. The van der Waals surface area contributed by atoms with Gasteiger partial charge in [0.05, 0.1) is 36.8 Å². The number of carbonyl (C=O) groups is 4. The van der Waals surface area contributed by atoms with Crippen LogP contribution in [-0.2, 0) is 30.4 Å². The number of hydrogen-bond donors (Lipinski definition) is 2. The van der Waals surface area contributed by atoms with Crippen LogP contribution in [-0.4, -0.2) is 75.9 Å². The molecule has 3 amide bonds. The molecule has 0 saturated carbocycles. The number of ether oxygens (including phenoxy) is 3. The summed E-state index contributed by atoms with van der Waals surface area (Å²) in [5, 5.41) is 5.27. The van der Waals surface area contributed by atoms with Crippen molar-refractivity contribution in [3.8, 4) is 0 Å². The minimum Gasteiger partial charge on any atom is -0.445 e. The number of nitrogens with zero attached hydrogens (tertiary/aromatic N) is 2. The third-order valence-corrected chi connectivity index (χ3v) is 8.18. The van der Waals surface area contributed by atoms with E-state index in [2.05, 4.69) is 10.6 Å². The number of Topliss-reactive ketones (excluding diaryl/α,β-unsaturated/α-hetero) is 1. The maximum atomic E-state index is 15.4. The zero-order chi connectivity index (χ0) is 32.7. The van der Waals surface area contributed by atoms with Crippen molar-refractivity contribution in [1.29, 1.82) is 0 Å². The van der Waals surface area contributed by atoms with Crippen molar-refractivity contribution in [2.75, 3.05) is 49.7 Å². The Morgan fingerprint density at radius 2 is 1.73 bits per heavy atom. The Balaban J connectivity index is 1.43. The normalized spacial score (nSPS) is 18.4. The molecule has 45 heavy (non-hydrogen) atoms. The number of alkyl carbamates (subject to hydrolysis) is 1. The second kappa shape index (κ2) is 14.7. The summed E-state index contributed by atoms with van der Waals surface area (Å²) in [5.74, 6) is -2.51. The predicted molar refractivity (Wildman–Crippen MR) is 162 cm³/mol. The molecule has 2 aromatic carbocycles. The van der Waals surface area contributed by atoms with E-state index in [1.54, 1.807) is 0 Å². The van der Waals surface area contributed by atoms with E-state index in [1.807, 2.05) is 44.2 Å². The SMILES string of the molecule is COCC1(C(=O)C(NC(=O)OCc2ccccc2)C(C)C)CCN(c2c(F)cc(N3C[C@H](CNC(C)=O)OC3=O)cc2F)CC1. The van der Waals surface area contributed by atoms with Crippen LogP contribution < -0.4 is 20.4 Å². The van der Waals surface area contributed by atoms with Gasteiger partial charge in [-0.3, -0.25) is 14.5 Å². The van der Waals surface area contributed by atoms with Gasteiger partial charge in [0.25, 0.3) is 0 Å². The first kappa shape index (κ1) is 33.6. The van der Waals surface area contributed by atoms with Gasteiger partial charge in [0, 0.05) is 39.3 Å². The van der Waals surface area contributed by atoms with Crippen molar-refractivity contribution in [2.24, 2.45) is 11.3 Å². The number of amides is 3. The van der Waals surface area contributed by atoms with Crippen molar-refractivity contribution < 1.29 is 42.2 Å². The second-order valence-corrected chi connectivity index (χ2v) is 11.8. The molecule has 2 aliphatic heterocycles. The molecule has 244 valence electrons. The van der Waals surface area contributed by atoms with E-state index in [9.17, 15) is 19.2 Å². The van der Waals surface area contributed by atoms with Crippen LogP contribution in [0.15, 0.2) is 42.5 Å². The highest BCUT2D eigenvalue weighted by atomic mass is 19.1. The Hall–Kier alpha value is -4.26. The van der Waals surface area contributed by atoms with Crippen LogP contribution in [0.4, 0.5) is 29.7 Å². The van der Waals surface area contributed by atoms with Gasteiger partial charge in [-0.15, -0.1) is 0 Å². The van der Waals surface area contributed by atoms with Gasteiger partial charge < -0.3 is 29.7 Å². The summed E-state index contributed by atoms with van der Waals surface area (Å²) in [5.41, 5.74) is -0.456. The number of hydrogen-bond acceptors (Lipinski definition) is 8. The molecule has 1 unspecified atom stereocenters. The van der Waals surface area contributed by atoms with Crippen LogP contribution in [0.5, 0.6) is 0 Å². The highest BCUT2D eigenvalue weighted by Crippen LogP contribution is 2.39. The molecular formula is C32H40F2N4O7. The molecule has 2 aliphatic rings. The fourth-order valence-corrected chi connectivity index (χ4v) is 5.76. The summed E-state index contributed by atoms with van der Waals surface area (Å²) in [6, 6.07) is 10.5. The molecule has 0 bridgehead atoms. The van der Waals surface area contributed by atoms with Crippen LogP contribution in [0.1, 0.15) is 39.2 Å². The maximum Gasteiger partial charge on any atom is 0.414 e. The van der Waals surface area contributed by atoms with Gasteiger partial charge in [-0.05, 0) is 24.3 Å². The summed E-state index contributed by atoms with van der Waals surface area (Å²) >= 11 is 0. The molecule has 0 aromatic heterocycles. The van der Waals surface area contributed by atoms with Gasteiger partial charge in [0.15, 0.2) is 17.4 Å². The number of anilines is 2. The molecule has 0 radical (unpaired) electrons. The first-order valence-corrected chi connectivity index (χ1v) is 14.9. The molecule has 0 aliphatic carbocycles. The maximum absolute atomic E-state index is 15.4. The van der Waals surface area contributed by atoms with E-state index in [-0.39, 0.29) is 81.2 Å². The average molecular weight is 631 g/mol. The Bertz CT molecular complexity index is 1360. The number of rotatable bonds is 12. The number of piperidine rings is 1. The second-order valence-electron chi connectivity index (χ2n) is 11.8. The number of methoxy groups -OCH3 is 1. The zero-order valence-electron chi connectivity index (χ0n) is 25.9. The van der Waals surface area contributed by atoms with Gasteiger partial charge >= 0.3 is 12.2 Å². The molecule has 2 N–H and O–H groups in total. The summed E-state index contributed by atoms with van der Waals surface area (Å²) in [4.78, 5) is 52.8. The average Bonchev–Trinajstić information content (AvgIpc) is 3.38. The van der Waals surface area contributed by atoms with Gasteiger partial charge in [-0.25, -0.2) is 18.4 Å². The summed E-state index contributed by atoms with van der Waals surface area (Å²) in [7, 11) is 1.48. The Kier molecular flexibility index (Phi) is 11.0. The van der Waals surface area contributed by atoms with E-state index in [0.29, 0.717) is 0 Å². The van der Waals surface area contributed by atoms with Crippen LogP contribution in [0.25, 0.3) is 0 Å². The smallest absolute Gasteiger partial charge is 0.414 e. The molecule has 11 nitrogen and oxygen atoms in total. The summed E-state index contributed by atoms with van der Waals surface area (Å²) in [6.45, 7) is 5.50. The molecule has 13 heteroatoms. The summed E-state index contributed by atoms with van der Waals surface area (Å²) < 4.78 is 46.9. The van der Waals surface area contributed by atoms with Crippen molar-refractivity contribution in [3.05, 3.63) is 59.7 Å². The number of benzene rings is 2. The predicted octanol–water partition coefficient (Wildman–Crippen LogP) is 4.18. The lowest BCUT2D eigenvalue weighted by Crippen LogP contribution is -2.56. The third kappa shape index (κ3) is 8.07. The zero-order valence-corrected chi connectivity index (χ0v) is 25.9. The van der Waals surface area contributed by atoms with E-state index < -0.39 is 41.4 Å². The summed E-state index contributed by atoms with van der Waals surface area (Å²) in [6.07, 6.45) is -1.68. The van der Waals surface area contributed by atoms with Crippen molar-refractivity contribution >= 4 is 35.3 Å². The minimum absolute atomic E-state index is 0.00464. The molecule has 2 heterocycles. The molecular weight excluding hydrogens is 590 g/mol. The molecule has 2 atom stereocenters. The molecule has 2 fully saturated rings. The molecule has 2 saturated heterocycles. The molecule has 2 aromatic rings. The lowest BCUT2D eigenvalue weighted by atomic mass is 9.71. The van der Waals surface area contributed by atoms with Gasteiger partial charge in [0.1, 0.15) is 18.4 Å². The van der Waals surface area contributed by atoms with E-state index in [4.69, 9.17) is 14.2 Å². The van der Waals surface area contributed by atoms with Gasteiger partial charge in [-0.2, -0.15) is 0 Å². The van der Waals surface area contributed by atoms with Crippen molar-refractivity contribution in [3.63, 3.8) is 0 Å². The number of nitrogens with one attached hydrogen (secondary N) is 2. The van der Waals surface area contributed by atoms with Gasteiger partial charge in [0.2, 0.25) is 5.91 Å². The van der Waals surface area contributed by atoms with Crippen LogP contribution in [0.3, 0.4) is 0 Å². The van der Waals surface area contributed by atoms with Gasteiger partial charge in [-0.1, -0.05) is 44.2 Å². The molecule has 0 spiro atoms. The van der Waals surface area contributed by atoms with Crippen molar-refractivity contribution in [1.82, 2.24) is 10.6 Å². The highest BCUT2D eigenvalue weighted by Gasteiger charge is 2.46. The number of ketones is 1. The van der Waals surface area contributed by atoms with Crippen LogP contribution in [0, 0.1) is 23.0 Å². The fraction of sp³-hybridized carbons (Fsp3) is 0.500. The standard InChI is InChI=1S/C32H40F2N4O7/c1-20(2)27(36-30(41)44-18-22-8-6-5-7-9-22)29(40)32(19-43-4)10-12-37(13-11-32)28-25(33)14-23(15-26(28)34)38-17-24(45-31(38)42)16-35-21(3)39/h5-9,14-15,20,24,27H,10-13,16-19H2,1-4H3,(H,35,39)(H,36,41)/t24-,27?/m0/s1. The van der Waals surface area contributed by atoms with E-state index in [0.717, 1.165) is 22.6 Å². The monoisotopic (exact) mass is 630 g/mol. The fourth-order valence-electron chi connectivity index (χ4n) is 5.76. The highest BCUT2D eigenvalue weighted by molar-refractivity contribution is 5.93. The third-order valence-electron chi connectivity index (χ3n) is 8.18. The minimum atomic E-state index is -0.998. The Morgan fingerprint density at radius 1 is 1.09 bits per heavy atom. The topological polar surface area (TPSA) is 127 Å². The quantitative estimate of drug-likeness (QED) is 0.358. The first-order chi connectivity index (χ1) is 21.4. The van der Waals surface area contributed by atoms with Crippen LogP contribution in [0.2, 0.25) is 0 Å². The Morgan fingerprint density at radius 3 is 2.31 bits per heavy atom. The van der Waals surface area contributed by atoms with Crippen LogP contribution >= 0.6 is 0 Å². The van der Waals surface area contributed by atoms with E-state index >= 15 is 8.78 Å². The number of cyclic esters (lactones) is 1. The van der Waals surface area contributed by atoms with E-state index in [1.165, 1.54) is 18.9 Å². The number of carbonyl (C=O) groups excluding carboxylic acids is 4. The number of halogens is 2. The lowest BCUT2D eigenvalue weighted by Gasteiger charge is -2.43. The lowest BCUT2D eigenvalue weighted by molar-refractivity contribution is -0.136. The first-order valence-electron chi connectivity index (χ1n) is 14.9. The Labute approximate surface area is 261 Å². The van der Waals surface area contributed by atoms with Crippen molar-refractivity contribution in [2.45, 2.75) is 52.4 Å². The molecule has 4 rings (SSSR count).